The second-order valence-electron chi connectivity index (χ2n) is 8.44. The minimum absolute atomic E-state index is 0.0575. The molecular formula is C24H23ClFN3O2. The van der Waals surface area contributed by atoms with Gasteiger partial charge in [-0.15, -0.1) is 0 Å². The van der Waals surface area contributed by atoms with Crippen molar-refractivity contribution in [3.8, 4) is 0 Å². The highest BCUT2D eigenvalue weighted by Gasteiger charge is 2.34. The number of rotatable bonds is 3. The molecule has 0 spiro atoms. The SMILES string of the molecule is CC1=CC(C)(C)N(C)c2cc(Cl)c(/C=C3/NC(=O)N(Cc4ccc(F)cc4)C3=O)cc21. The van der Waals surface area contributed by atoms with Crippen LogP contribution in [-0.2, 0) is 11.3 Å². The van der Waals surface area contributed by atoms with Gasteiger partial charge in [0.1, 0.15) is 11.5 Å². The molecule has 0 aromatic heterocycles. The van der Waals surface area contributed by atoms with Gasteiger partial charge in [-0.05, 0) is 67.8 Å². The molecule has 1 fully saturated rings. The lowest BCUT2D eigenvalue weighted by Gasteiger charge is -2.40. The fourth-order valence-corrected chi connectivity index (χ4v) is 4.15. The summed E-state index contributed by atoms with van der Waals surface area (Å²) in [6.45, 7) is 6.37. The number of carbonyl (C=O) groups excluding carboxylic acids is 2. The lowest BCUT2D eigenvalue weighted by atomic mass is 9.88. The highest BCUT2D eigenvalue weighted by Crippen LogP contribution is 2.41. The molecule has 160 valence electrons. The number of halogens is 2. The maximum atomic E-state index is 13.1. The van der Waals surface area contributed by atoms with Crippen molar-refractivity contribution >= 4 is 40.9 Å². The van der Waals surface area contributed by atoms with E-state index in [9.17, 15) is 14.0 Å². The van der Waals surface area contributed by atoms with Gasteiger partial charge in [0, 0.05) is 23.3 Å². The largest absolute Gasteiger partial charge is 0.365 e. The molecule has 0 bridgehead atoms. The Morgan fingerprint density at radius 1 is 1.16 bits per heavy atom. The molecule has 1 saturated heterocycles. The second-order valence-corrected chi connectivity index (χ2v) is 8.84. The summed E-state index contributed by atoms with van der Waals surface area (Å²) in [5, 5.41) is 3.10. The van der Waals surface area contributed by atoms with Crippen molar-refractivity contribution in [1.82, 2.24) is 10.2 Å². The number of likely N-dealkylation sites (N-methyl/N-ethyl adjacent to an activating group) is 1. The van der Waals surface area contributed by atoms with E-state index >= 15 is 0 Å². The maximum absolute atomic E-state index is 13.1. The highest BCUT2D eigenvalue weighted by atomic mass is 35.5. The van der Waals surface area contributed by atoms with E-state index < -0.39 is 11.9 Å². The Morgan fingerprint density at radius 2 is 1.84 bits per heavy atom. The Bertz CT molecular complexity index is 1150. The molecule has 5 nitrogen and oxygen atoms in total. The number of allylic oxidation sites excluding steroid dienone is 1. The van der Waals surface area contributed by atoms with Crippen molar-refractivity contribution in [2.75, 3.05) is 11.9 Å². The molecule has 0 saturated carbocycles. The van der Waals surface area contributed by atoms with Crippen molar-refractivity contribution in [3.05, 3.63) is 75.7 Å². The molecule has 2 aromatic rings. The zero-order valence-corrected chi connectivity index (χ0v) is 18.5. The number of nitrogens with zero attached hydrogens (tertiary/aromatic N) is 2. The first-order valence-electron chi connectivity index (χ1n) is 9.93. The monoisotopic (exact) mass is 439 g/mol. The number of imide groups is 1. The van der Waals surface area contributed by atoms with Crippen LogP contribution in [0.1, 0.15) is 37.5 Å². The van der Waals surface area contributed by atoms with E-state index in [1.165, 1.54) is 12.1 Å². The molecule has 0 unspecified atom stereocenters. The lowest BCUT2D eigenvalue weighted by Crippen LogP contribution is -2.42. The van der Waals surface area contributed by atoms with E-state index in [0.717, 1.165) is 21.7 Å². The van der Waals surface area contributed by atoms with E-state index in [-0.39, 0.29) is 23.6 Å². The number of nitrogens with one attached hydrogen (secondary N) is 1. The summed E-state index contributed by atoms with van der Waals surface area (Å²) in [5.41, 5.74) is 4.47. The van der Waals surface area contributed by atoms with E-state index in [0.29, 0.717) is 16.1 Å². The predicted octanol–water partition coefficient (Wildman–Crippen LogP) is 5.20. The van der Waals surface area contributed by atoms with Crippen LogP contribution in [0.2, 0.25) is 5.02 Å². The summed E-state index contributed by atoms with van der Waals surface area (Å²) in [4.78, 5) is 28.4. The van der Waals surface area contributed by atoms with Crippen molar-refractivity contribution in [2.45, 2.75) is 32.9 Å². The molecule has 2 heterocycles. The van der Waals surface area contributed by atoms with Crippen molar-refractivity contribution < 1.29 is 14.0 Å². The molecule has 2 aliphatic rings. The van der Waals surface area contributed by atoms with Gasteiger partial charge in [-0.25, -0.2) is 9.18 Å². The minimum atomic E-state index is -0.521. The van der Waals surface area contributed by atoms with E-state index in [2.05, 4.69) is 30.1 Å². The number of benzene rings is 2. The summed E-state index contributed by atoms with van der Waals surface area (Å²) >= 11 is 6.55. The number of hydrogen-bond donors (Lipinski definition) is 1. The third-order valence-corrected chi connectivity index (χ3v) is 6.18. The number of amides is 3. The van der Waals surface area contributed by atoms with Crippen LogP contribution in [0.25, 0.3) is 11.6 Å². The molecule has 7 heteroatoms. The van der Waals surface area contributed by atoms with Crippen LogP contribution in [0, 0.1) is 5.82 Å². The number of hydrogen-bond acceptors (Lipinski definition) is 3. The van der Waals surface area contributed by atoms with Gasteiger partial charge < -0.3 is 10.2 Å². The van der Waals surface area contributed by atoms with E-state index in [4.69, 9.17) is 11.6 Å². The van der Waals surface area contributed by atoms with Crippen LogP contribution in [0.4, 0.5) is 14.9 Å². The van der Waals surface area contributed by atoms with Gasteiger partial charge in [-0.3, -0.25) is 9.69 Å². The first-order chi connectivity index (χ1) is 14.6. The molecule has 0 atom stereocenters. The van der Waals surface area contributed by atoms with Gasteiger partial charge in [0.2, 0.25) is 0 Å². The Morgan fingerprint density at radius 3 is 2.52 bits per heavy atom. The van der Waals surface area contributed by atoms with Crippen molar-refractivity contribution in [3.63, 3.8) is 0 Å². The topological polar surface area (TPSA) is 52.7 Å². The van der Waals surface area contributed by atoms with E-state index in [1.54, 1.807) is 18.2 Å². The Hall–Kier alpha value is -3.12. The Balaban J connectivity index is 1.65. The summed E-state index contributed by atoms with van der Waals surface area (Å²) in [7, 11) is 2.02. The van der Waals surface area contributed by atoms with Gasteiger partial charge in [0.05, 0.1) is 12.1 Å². The number of anilines is 1. The molecule has 2 aromatic carbocycles. The van der Waals surface area contributed by atoms with Gasteiger partial charge >= 0.3 is 6.03 Å². The first-order valence-corrected chi connectivity index (χ1v) is 10.3. The van der Waals surface area contributed by atoms with Crippen LogP contribution in [0.3, 0.4) is 0 Å². The fourth-order valence-electron chi connectivity index (χ4n) is 3.94. The Kier molecular flexibility index (Phi) is 5.13. The zero-order valence-electron chi connectivity index (χ0n) is 17.8. The molecule has 3 amide bonds. The molecule has 2 aliphatic heterocycles. The highest BCUT2D eigenvalue weighted by molar-refractivity contribution is 6.32. The average molecular weight is 440 g/mol. The van der Waals surface area contributed by atoms with Gasteiger partial charge in [-0.1, -0.05) is 29.8 Å². The summed E-state index contributed by atoms with van der Waals surface area (Å²) in [6, 6.07) is 8.99. The van der Waals surface area contributed by atoms with Crippen LogP contribution in [0.15, 0.2) is 48.2 Å². The third-order valence-electron chi connectivity index (χ3n) is 5.85. The first kappa shape index (κ1) is 21.1. The maximum Gasteiger partial charge on any atom is 0.329 e. The van der Waals surface area contributed by atoms with Crippen LogP contribution < -0.4 is 10.2 Å². The Labute approximate surface area is 185 Å². The molecule has 31 heavy (non-hydrogen) atoms. The average Bonchev–Trinajstić information content (AvgIpc) is 2.96. The van der Waals surface area contributed by atoms with Crippen molar-refractivity contribution in [1.29, 1.82) is 0 Å². The normalized spacial score (nSPS) is 18.9. The van der Waals surface area contributed by atoms with Gasteiger partial charge in [-0.2, -0.15) is 0 Å². The smallest absolute Gasteiger partial charge is 0.329 e. The standard InChI is InChI=1S/C24H23ClFN3O2/c1-14-12-24(2,3)28(4)21-11-19(25)16(9-18(14)21)10-20-22(30)29(23(31)27-20)13-15-5-7-17(26)8-6-15/h5-12H,13H2,1-4H3,(H,27,31)/b20-10+. The fraction of sp³-hybridized carbons (Fsp3) is 0.250. The quantitative estimate of drug-likeness (QED) is 0.528. The van der Waals surface area contributed by atoms with Crippen LogP contribution >= 0.6 is 11.6 Å². The third kappa shape index (κ3) is 3.83. The van der Waals surface area contributed by atoms with Crippen LogP contribution in [0.5, 0.6) is 0 Å². The zero-order chi connectivity index (χ0) is 22.5. The molecule has 0 radical (unpaired) electrons. The van der Waals surface area contributed by atoms with Gasteiger partial charge in [0.15, 0.2) is 0 Å². The molecule has 0 aliphatic carbocycles. The molecule has 1 N–H and O–H groups in total. The predicted molar refractivity (Wildman–Crippen MR) is 121 cm³/mol. The summed E-state index contributed by atoms with van der Waals surface area (Å²) in [5.74, 6) is -0.824. The van der Waals surface area contributed by atoms with E-state index in [1.807, 2.05) is 26.1 Å². The van der Waals surface area contributed by atoms with Gasteiger partial charge in [0.25, 0.3) is 5.91 Å². The molecular weight excluding hydrogens is 417 g/mol. The summed E-state index contributed by atoms with van der Waals surface area (Å²) < 4.78 is 13.1. The minimum Gasteiger partial charge on any atom is -0.365 e. The summed E-state index contributed by atoms with van der Waals surface area (Å²) in [6.07, 6.45) is 3.79. The number of carbonyl (C=O) groups is 2. The lowest BCUT2D eigenvalue weighted by molar-refractivity contribution is -0.123. The molecule has 4 rings (SSSR count). The second kappa shape index (κ2) is 7.54. The van der Waals surface area contributed by atoms with Crippen LogP contribution in [-0.4, -0.2) is 29.4 Å². The van der Waals surface area contributed by atoms with Crippen molar-refractivity contribution in [2.24, 2.45) is 0 Å². The number of urea groups is 1. The number of fused-ring (bicyclic) bond motifs is 1.